The van der Waals surface area contributed by atoms with Crippen molar-refractivity contribution in [1.82, 2.24) is 0 Å². The van der Waals surface area contributed by atoms with Gasteiger partial charge in [0.1, 0.15) is 0 Å². The summed E-state index contributed by atoms with van der Waals surface area (Å²) >= 11 is 3.75. The maximum absolute atomic E-state index is 2.49. The van der Waals surface area contributed by atoms with Crippen LogP contribution in [0.3, 0.4) is 0 Å². The van der Waals surface area contributed by atoms with E-state index in [-0.39, 0.29) is 0 Å². The van der Waals surface area contributed by atoms with Gasteiger partial charge >= 0.3 is 0 Å². The third-order valence-electron chi connectivity index (χ3n) is 10.9. The molecule has 2 heterocycles. The average Bonchev–Trinajstić information content (AvgIpc) is 3.83. The molecule has 0 fully saturated rings. The zero-order valence-corrected chi connectivity index (χ0v) is 31.4. The van der Waals surface area contributed by atoms with Gasteiger partial charge in [0.15, 0.2) is 0 Å². The third-order valence-corrected chi connectivity index (χ3v) is 13.2. The molecule has 2 aromatic heterocycles. The van der Waals surface area contributed by atoms with E-state index in [0.29, 0.717) is 0 Å². The number of hydrogen-bond donors (Lipinski definition) is 0. The number of anilines is 3. The minimum Gasteiger partial charge on any atom is -0.308 e. The lowest BCUT2D eigenvalue weighted by Gasteiger charge is -2.29. The van der Waals surface area contributed by atoms with Gasteiger partial charge in [-0.05, 0) is 87.1 Å². The van der Waals surface area contributed by atoms with Crippen LogP contribution in [0.1, 0.15) is 0 Å². The predicted molar refractivity (Wildman–Crippen MR) is 241 cm³/mol. The first-order valence-electron chi connectivity index (χ1n) is 18.7. The summed E-state index contributed by atoms with van der Waals surface area (Å²) in [5.74, 6) is 0. The van der Waals surface area contributed by atoms with Crippen molar-refractivity contribution in [1.29, 1.82) is 0 Å². The van der Waals surface area contributed by atoms with E-state index in [1.165, 1.54) is 90.2 Å². The second kappa shape index (κ2) is 13.1. The van der Waals surface area contributed by atoms with Crippen LogP contribution in [0.4, 0.5) is 17.1 Å². The van der Waals surface area contributed by atoms with Crippen molar-refractivity contribution in [3.05, 3.63) is 200 Å². The normalized spacial score (nSPS) is 11.6. The van der Waals surface area contributed by atoms with Gasteiger partial charge in [-0.15, -0.1) is 22.7 Å². The second-order valence-electron chi connectivity index (χ2n) is 14.1. The lowest BCUT2D eigenvalue weighted by Crippen LogP contribution is -2.11. The molecular weight excluding hydrogens is 703 g/mol. The fourth-order valence-electron chi connectivity index (χ4n) is 8.15. The Morgan fingerprint density at radius 1 is 0.309 bits per heavy atom. The van der Waals surface area contributed by atoms with Crippen molar-refractivity contribution < 1.29 is 0 Å². The third kappa shape index (κ3) is 5.51. The first-order valence-corrected chi connectivity index (χ1v) is 20.3. The summed E-state index contributed by atoms with van der Waals surface area (Å²) in [6.45, 7) is 0. The molecule has 0 bridgehead atoms. The largest absolute Gasteiger partial charge is 0.308 e. The molecule has 0 saturated carbocycles. The van der Waals surface area contributed by atoms with Crippen molar-refractivity contribution in [2.24, 2.45) is 0 Å². The molecule has 3 heteroatoms. The van der Waals surface area contributed by atoms with Crippen molar-refractivity contribution >= 4 is 90.9 Å². The van der Waals surface area contributed by atoms with Gasteiger partial charge in [-0.3, -0.25) is 0 Å². The zero-order valence-electron chi connectivity index (χ0n) is 29.8. The Kier molecular flexibility index (Phi) is 7.61. The van der Waals surface area contributed by atoms with Crippen molar-refractivity contribution in [2.75, 3.05) is 4.90 Å². The Bertz CT molecular complexity index is 3190. The van der Waals surface area contributed by atoms with E-state index in [0.717, 1.165) is 11.4 Å². The van der Waals surface area contributed by atoms with Gasteiger partial charge in [-0.2, -0.15) is 0 Å². The number of fused-ring (bicyclic) bond motifs is 7. The van der Waals surface area contributed by atoms with Crippen LogP contribution >= 0.6 is 22.7 Å². The first kappa shape index (κ1) is 32.0. The number of nitrogens with zero attached hydrogens (tertiary/aromatic N) is 1. The van der Waals surface area contributed by atoms with Gasteiger partial charge in [-0.25, -0.2) is 0 Å². The van der Waals surface area contributed by atoms with E-state index in [1.807, 2.05) is 22.7 Å². The van der Waals surface area contributed by atoms with Crippen LogP contribution in [-0.4, -0.2) is 0 Å². The number of thiophene rings is 2. The van der Waals surface area contributed by atoms with Crippen molar-refractivity contribution in [2.45, 2.75) is 0 Å². The van der Waals surface area contributed by atoms with Gasteiger partial charge < -0.3 is 4.90 Å². The monoisotopic (exact) mass is 735 g/mol. The Morgan fingerprint density at radius 3 is 1.62 bits per heavy atom. The van der Waals surface area contributed by atoms with Crippen molar-refractivity contribution in [3.8, 4) is 33.4 Å². The number of benzene rings is 9. The fraction of sp³-hybridized carbons (Fsp3) is 0. The van der Waals surface area contributed by atoms with Gasteiger partial charge in [0.25, 0.3) is 0 Å². The summed E-state index contributed by atoms with van der Waals surface area (Å²) in [7, 11) is 0. The fourth-order valence-corrected chi connectivity index (χ4v) is 10.5. The van der Waals surface area contributed by atoms with Gasteiger partial charge in [-0.1, -0.05) is 152 Å². The molecule has 55 heavy (non-hydrogen) atoms. The second-order valence-corrected chi connectivity index (χ2v) is 16.2. The van der Waals surface area contributed by atoms with Crippen molar-refractivity contribution in [3.63, 3.8) is 0 Å². The van der Waals surface area contributed by atoms with Crippen LogP contribution in [0.15, 0.2) is 200 Å². The molecule has 9 aromatic carbocycles. The number of rotatable bonds is 6. The predicted octanol–water partition coefficient (Wildman–Crippen LogP) is 16.0. The van der Waals surface area contributed by atoms with Crippen LogP contribution in [0, 0.1) is 0 Å². The molecule has 0 aliphatic heterocycles. The van der Waals surface area contributed by atoms with Crippen LogP contribution < -0.4 is 4.90 Å². The van der Waals surface area contributed by atoms with Crippen LogP contribution in [-0.2, 0) is 0 Å². The van der Waals surface area contributed by atoms with E-state index in [4.69, 9.17) is 0 Å². The molecule has 0 N–H and O–H groups in total. The van der Waals surface area contributed by atoms with Gasteiger partial charge in [0.05, 0.1) is 10.4 Å². The Balaban J connectivity index is 1.11. The molecule has 0 aliphatic rings. The first-order chi connectivity index (χ1) is 27.2. The zero-order chi connectivity index (χ0) is 36.3. The number of hydrogen-bond acceptors (Lipinski definition) is 3. The lowest BCUT2D eigenvalue weighted by molar-refractivity contribution is 1.31. The minimum absolute atomic E-state index is 1.12. The summed E-state index contributed by atoms with van der Waals surface area (Å²) in [4.78, 5) is 2.49. The van der Waals surface area contributed by atoms with Crippen LogP contribution in [0.2, 0.25) is 0 Å². The summed E-state index contributed by atoms with van der Waals surface area (Å²) in [6.07, 6.45) is 0. The van der Waals surface area contributed by atoms with Crippen LogP contribution in [0.5, 0.6) is 0 Å². The van der Waals surface area contributed by atoms with E-state index in [2.05, 4.69) is 205 Å². The molecule has 0 atom stereocenters. The summed E-state index contributed by atoms with van der Waals surface area (Å²) < 4.78 is 5.22. The van der Waals surface area contributed by atoms with E-state index in [9.17, 15) is 0 Å². The molecule has 0 spiro atoms. The molecule has 258 valence electrons. The standard InChI is InChI=1S/C52H33NS2/c1-3-11-34(12-4-1)37-19-20-39-32-42(27-23-38(39)31-37)53(41-25-21-35(22-26-41)40-24-28-46-44-15-7-9-17-48(44)54-50(46)33-40)51-43(36-13-5-2-6-14-36)29-30-47-45-16-8-10-18-49(45)55-52(47)51/h1-33H. The molecule has 0 aliphatic carbocycles. The Hall–Kier alpha value is -6.52. The maximum atomic E-state index is 2.49. The molecule has 0 unspecified atom stereocenters. The minimum atomic E-state index is 1.12. The van der Waals surface area contributed by atoms with Crippen LogP contribution in [0.25, 0.3) is 84.5 Å². The SMILES string of the molecule is c1ccc(-c2ccc3cc(N(c4ccc(-c5ccc6c(c5)sc5ccccc56)cc4)c4c(-c5ccccc5)ccc5c4sc4ccccc45)ccc3c2)cc1. The topological polar surface area (TPSA) is 3.24 Å². The van der Waals surface area contributed by atoms with Gasteiger partial charge in [0.2, 0.25) is 0 Å². The van der Waals surface area contributed by atoms with E-state index in [1.54, 1.807) is 0 Å². The highest BCUT2D eigenvalue weighted by molar-refractivity contribution is 7.26. The highest BCUT2D eigenvalue weighted by Gasteiger charge is 2.23. The summed E-state index contributed by atoms with van der Waals surface area (Å²) in [6, 6.07) is 73.5. The van der Waals surface area contributed by atoms with E-state index >= 15 is 0 Å². The molecular formula is C52H33NS2. The molecule has 1 nitrogen and oxygen atoms in total. The quantitative estimate of drug-likeness (QED) is 0.164. The highest BCUT2D eigenvalue weighted by atomic mass is 32.1. The van der Waals surface area contributed by atoms with E-state index < -0.39 is 0 Å². The molecule has 0 amide bonds. The summed E-state index contributed by atoms with van der Waals surface area (Å²) in [5, 5.41) is 7.66. The Morgan fingerprint density at radius 2 is 0.836 bits per heavy atom. The average molecular weight is 736 g/mol. The highest BCUT2D eigenvalue weighted by Crippen LogP contribution is 2.50. The summed E-state index contributed by atoms with van der Waals surface area (Å²) in [5.41, 5.74) is 10.7. The molecule has 0 saturated heterocycles. The molecule has 11 aromatic rings. The lowest BCUT2D eigenvalue weighted by atomic mass is 9.98. The Labute approximate surface area is 327 Å². The molecule has 0 radical (unpaired) electrons. The maximum Gasteiger partial charge on any atom is 0.0718 e. The smallest absolute Gasteiger partial charge is 0.0718 e. The van der Waals surface area contributed by atoms with Gasteiger partial charge in [0, 0.05) is 52.6 Å². The molecule has 11 rings (SSSR count).